The van der Waals surface area contributed by atoms with Crippen LogP contribution in [-0.2, 0) is 28.6 Å². The topological polar surface area (TPSA) is 78.9 Å². The summed E-state index contributed by atoms with van der Waals surface area (Å²) in [5.74, 6) is -0.933. The molecule has 0 amide bonds. The second-order valence-corrected chi connectivity index (χ2v) is 18.8. The zero-order chi connectivity index (χ0) is 50.7. The predicted molar refractivity (Wildman–Crippen MR) is 302 cm³/mol. The van der Waals surface area contributed by atoms with Crippen LogP contribution < -0.4 is 0 Å². The van der Waals surface area contributed by atoms with Gasteiger partial charge >= 0.3 is 17.9 Å². The third kappa shape index (κ3) is 55.0. The standard InChI is InChI=1S/C64H106O6/c1-4-7-10-13-16-19-22-25-28-29-30-31-32-33-34-35-37-39-42-45-48-51-54-57-63(66)69-60-61(59-68-62(65)56-53-50-47-44-41-38-27-24-21-18-15-12-9-6-3)70-64(67)58-55-52-49-46-43-40-36-26-23-20-17-14-11-8-5-2/h7,10,15-20,24-28,30-31,33-34,36,61H,4-6,8-9,11-14,21-23,29,32,35,37-60H2,1-3H3/b10-7-,18-15-,19-16-,20-17-,27-24-,28-25-,31-30-,34-33-,36-26-. The fourth-order valence-corrected chi connectivity index (χ4v) is 7.63. The van der Waals surface area contributed by atoms with Gasteiger partial charge in [-0.1, -0.05) is 226 Å². The van der Waals surface area contributed by atoms with Crippen LogP contribution in [0.25, 0.3) is 0 Å². The summed E-state index contributed by atoms with van der Waals surface area (Å²) >= 11 is 0. The first kappa shape index (κ1) is 66.1. The first-order chi connectivity index (χ1) is 34.5. The molecule has 398 valence electrons. The molecule has 0 saturated heterocycles. The van der Waals surface area contributed by atoms with Crippen LogP contribution in [-0.4, -0.2) is 37.2 Å². The van der Waals surface area contributed by atoms with Gasteiger partial charge in [-0.3, -0.25) is 14.4 Å². The Bertz CT molecular complexity index is 1440. The van der Waals surface area contributed by atoms with Gasteiger partial charge in [0, 0.05) is 19.3 Å². The highest BCUT2D eigenvalue weighted by Gasteiger charge is 2.19. The van der Waals surface area contributed by atoms with Crippen LogP contribution >= 0.6 is 0 Å². The van der Waals surface area contributed by atoms with E-state index >= 15 is 0 Å². The van der Waals surface area contributed by atoms with E-state index in [0.717, 1.165) is 148 Å². The number of carbonyl (C=O) groups is 3. The van der Waals surface area contributed by atoms with Crippen LogP contribution in [0.1, 0.15) is 258 Å². The third-order valence-electron chi connectivity index (χ3n) is 12.0. The molecule has 0 aromatic rings. The molecular formula is C64H106O6. The number of carbonyl (C=O) groups excluding carboxylic acids is 3. The molecule has 0 saturated carbocycles. The van der Waals surface area contributed by atoms with Gasteiger partial charge < -0.3 is 14.2 Å². The minimum absolute atomic E-state index is 0.0957. The zero-order valence-electron chi connectivity index (χ0n) is 45.5. The lowest BCUT2D eigenvalue weighted by atomic mass is 10.1. The molecule has 0 aliphatic heterocycles. The Hall–Kier alpha value is -3.93. The predicted octanol–water partition coefficient (Wildman–Crippen LogP) is 19.5. The number of ether oxygens (including phenoxy) is 3. The second-order valence-electron chi connectivity index (χ2n) is 18.8. The van der Waals surface area contributed by atoms with Crippen LogP contribution in [0.3, 0.4) is 0 Å². The maximum atomic E-state index is 12.8. The summed E-state index contributed by atoms with van der Waals surface area (Å²) in [4.78, 5) is 38.2. The summed E-state index contributed by atoms with van der Waals surface area (Å²) in [7, 11) is 0. The Morgan fingerprint density at radius 2 is 0.571 bits per heavy atom. The van der Waals surface area contributed by atoms with Crippen molar-refractivity contribution in [3.63, 3.8) is 0 Å². The fraction of sp³-hybridized carbons (Fsp3) is 0.672. The molecule has 1 unspecified atom stereocenters. The molecule has 6 nitrogen and oxygen atoms in total. The van der Waals surface area contributed by atoms with Gasteiger partial charge in [-0.2, -0.15) is 0 Å². The van der Waals surface area contributed by atoms with Crippen LogP contribution in [0.2, 0.25) is 0 Å². The van der Waals surface area contributed by atoms with E-state index in [2.05, 4.69) is 130 Å². The number of allylic oxidation sites excluding steroid dienone is 18. The van der Waals surface area contributed by atoms with Crippen molar-refractivity contribution in [2.45, 2.75) is 264 Å². The molecule has 1 atom stereocenters. The van der Waals surface area contributed by atoms with E-state index in [1.807, 2.05) is 0 Å². The molecule has 0 heterocycles. The lowest BCUT2D eigenvalue weighted by Crippen LogP contribution is -2.30. The van der Waals surface area contributed by atoms with Gasteiger partial charge in [-0.15, -0.1) is 0 Å². The van der Waals surface area contributed by atoms with E-state index in [1.54, 1.807) is 0 Å². The molecule has 6 heteroatoms. The molecule has 0 fully saturated rings. The Balaban J connectivity index is 4.41. The van der Waals surface area contributed by atoms with Crippen molar-refractivity contribution >= 4 is 17.9 Å². The quantitative estimate of drug-likeness (QED) is 0.0262. The average molecular weight is 972 g/mol. The Morgan fingerprint density at radius 1 is 0.300 bits per heavy atom. The van der Waals surface area contributed by atoms with Crippen LogP contribution in [0.4, 0.5) is 0 Å². The average Bonchev–Trinajstić information content (AvgIpc) is 3.36. The van der Waals surface area contributed by atoms with Crippen molar-refractivity contribution < 1.29 is 28.6 Å². The zero-order valence-corrected chi connectivity index (χ0v) is 45.5. The van der Waals surface area contributed by atoms with Gasteiger partial charge in [-0.25, -0.2) is 0 Å². The number of rotatable bonds is 51. The van der Waals surface area contributed by atoms with Gasteiger partial charge in [0.25, 0.3) is 0 Å². The number of unbranched alkanes of at least 4 members (excludes halogenated alkanes) is 22. The third-order valence-corrected chi connectivity index (χ3v) is 12.0. The smallest absolute Gasteiger partial charge is 0.306 e. The van der Waals surface area contributed by atoms with Crippen LogP contribution in [0, 0.1) is 0 Å². The molecular weight excluding hydrogens is 865 g/mol. The highest BCUT2D eigenvalue weighted by molar-refractivity contribution is 5.71. The van der Waals surface area contributed by atoms with Crippen molar-refractivity contribution in [3.8, 4) is 0 Å². The largest absolute Gasteiger partial charge is 0.462 e. The molecule has 0 aromatic heterocycles. The number of esters is 3. The summed E-state index contributed by atoms with van der Waals surface area (Å²) < 4.78 is 16.8. The van der Waals surface area contributed by atoms with E-state index in [4.69, 9.17) is 14.2 Å². The monoisotopic (exact) mass is 971 g/mol. The Kier molecular flexibility index (Phi) is 54.4. The molecule has 0 bridgehead atoms. The highest BCUT2D eigenvalue weighted by atomic mass is 16.6. The van der Waals surface area contributed by atoms with Gasteiger partial charge in [0.2, 0.25) is 0 Å². The maximum absolute atomic E-state index is 12.8. The van der Waals surface area contributed by atoms with Gasteiger partial charge in [0.05, 0.1) is 0 Å². The van der Waals surface area contributed by atoms with Gasteiger partial charge in [-0.05, 0) is 122 Å². The van der Waals surface area contributed by atoms with Crippen molar-refractivity contribution in [3.05, 3.63) is 109 Å². The summed E-state index contributed by atoms with van der Waals surface area (Å²) in [5.41, 5.74) is 0. The molecule has 0 N–H and O–H groups in total. The summed E-state index contributed by atoms with van der Waals surface area (Å²) in [6.45, 7) is 6.43. The van der Waals surface area contributed by atoms with E-state index < -0.39 is 6.10 Å². The van der Waals surface area contributed by atoms with Crippen molar-refractivity contribution in [2.24, 2.45) is 0 Å². The van der Waals surface area contributed by atoms with Gasteiger partial charge in [0.1, 0.15) is 13.2 Å². The Morgan fingerprint density at radius 3 is 0.914 bits per heavy atom. The second kappa shape index (κ2) is 57.6. The van der Waals surface area contributed by atoms with Crippen LogP contribution in [0.5, 0.6) is 0 Å². The highest BCUT2D eigenvalue weighted by Crippen LogP contribution is 2.14. The summed E-state index contributed by atoms with van der Waals surface area (Å²) in [6, 6.07) is 0. The molecule has 0 aliphatic rings. The molecule has 0 radical (unpaired) electrons. The van der Waals surface area contributed by atoms with E-state index in [9.17, 15) is 14.4 Å². The normalized spacial score (nSPS) is 12.9. The van der Waals surface area contributed by atoms with E-state index in [0.29, 0.717) is 19.3 Å². The fourth-order valence-electron chi connectivity index (χ4n) is 7.63. The van der Waals surface area contributed by atoms with Crippen molar-refractivity contribution in [1.82, 2.24) is 0 Å². The lowest BCUT2D eigenvalue weighted by molar-refractivity contribution is -0.167. The first-order valence-electron chi connectivity index (χ1n) is 28.9. The minimum Gasteiger partial charge on any atom is -0.462 e. The van der Waals surface area contributed by atoms with E-state index in [-0.39, 0.29) is 31.1 Å². The first-order valence-corrected chi connectivity index (χ1v) is 28.9. The summed E-state index contributed by atoms with van der Waals surface area (Å²) in [6.07, 6.45) is 77.8. The molecule has 0 aromatic carbocycles. The minimum atomic E-state index is -0.798. The van der Waals surface area contributed by atoms with E-state index in [1.165, 1.54) is 70.6 Å². The Labute approximate surface area is 431 Å². The number of hydrogen-bond donors (Lipinski definition) is 0. The SMILES string of the molecule is CC/C=C\C/C=C\C/C=C\C/C=C\C/C=C\CCCCCCCCCC(=O)OCC(COC(=O)CCCCCCC/C=C\C/C=C\CCCC)OC(=O)CCCCCCC/C=C\C/C=C\CCCCC. The molecule has 70 heavy (non-hydrogen) atoms. The maximum Gasteiger partial charge on any atom is 0.306 e. The van der Waals surface area contributed by atoms with Crippen molar-refractivity contribution in [2.75, 3.05) is 13.2 Å². The van der Waals surface area contributed by atoms with Gasteiger partial charge in [0.15, 0.2) is 6.10 Å². The summed E-state index contributed by atoms with van der Waals surface area (Å²) in [5, 5.41) is 0. The molecule has 0 spiro atoms. The molecule has 0 aliphatic carbocycles. The van der Waals surface area contributed by atoms with Crippen molar-refractivity contribution in [1.29, 1.82) is 0 Å². The molecule has 0 rings (SSSR count). The number of hydrogen-bond acceptors (Lipinski definition) is 6. The lowest BCUT2D eigenvalue weighted by Gasteiger charge is -2.18. The van der Waals surface area contributed by atoms with Crippen LogP contribution in [0.15, 0.2) is 109 Å².